The van der Waals surface area contributed by atoms with Crippen molar-refractivity contribution < 1.29 is 18.4 Å². The Morgan fingerprint density at radius 2 is 1.47 bits per heavy atom. The van der Waals surface area contributed by atoms with Crippen LogP contribution in [0.3, 0.4) is 0 Å². The molecule has 0 unspecified atom stereocenters. The molecule has 6 heteroatoms. The number of halogens is 2. The Bertz CT molecular complexity index is 1180. The second-order valence-electron chi connectivity index (χ2n) is 7.16. The Hall–Kier alpha value is -3.80. The first-order valence-electron chi connectivity index (χ1n) is 9.34. The quantitative estimate of drug-likeness (QED) is 0.624. The molecule has 30 heavy (non-hydrogen) atoms. The first-order valence-corrected chi connectivity index (χ1v) is 9.34. The van der Waals surface area contributed by atoms with Crippen molar-refractivity contribution in [1.29, 1.82) is 0 Å². The number of nitrogens with zero attached hydrogens (tertiary/aromatic N) is 1. The highest BCUT2D eigenvalue weighted by Gasteiger charge is 2.41. The van der Waals surface area contributed by atoms with Gasteiger partial charge in [0.1, 0.15) is 17.3 Å². The molecule has 150 valence electrons. The number of amides is 2. The molecular weight excluding hydrogens is 386 g/mol. The normalized spacial score (nSPS) is 13.9. The molecule has 1 N–H and O–H groups in total. The van der Waals surface area contributed by atoms with Crippen LogP contribution in [0.25, 0.3) is 5.57 Å². The number of nitrogens with one attached hydrogen (secondary N) is 1. The Kier molecular flexibility index (Phi) is 4.91. The second-order valence-corrected chi connectivity index (χ2v) is 7.16. The first kappa shape index (κ1) is 19.5. The van der Waals surface area contributed by atoms with Crippen molar-refractivity contribution >= 4 is 28.8 Å². The van der Waals surface area contributed by atoms with Gasteiger partial charge in [-0.05, 0) is 54.8 Å². The van der Waals surface area contributed by atoms with Gasteiger partial charge in [0.25, 0.3) is 11.8 Å². The third-order valence-corrected chi connectivity index (χ3v) is 4.79. The molecule has 0 atom stereocenters. The van der Waals surface area contributed by atoms with Crippen LogP contribution in [-0.4, -0.2) is 11.8 Å². The smallest absolute Gasteiger partial charge is 0.282 e. The van der Waals surface area contributed by atoms with E-state index in [0.29, 0.717) is 17.3 Å². The van der Waals surface area contributed by atoms with Crippen molar-refractivity contribution in [3.63, 3.8) is 0 Å². The molecule has 0 spiro atoms. The Morgan fingerprint density at radius 3 is 2.10 bits per heavy atom. The van der Waals surface area contributed by atoms with Crippen LogP contribution in [0, 0.1) is 25.5 Å². The van der Waals surface area contributed by atoms with E-state index >= 15 is 0 Å². The van der Waals surface area contributed by atoms with Crippen molar-refractivity contribution in [3.8, 4) is 0 Å². The van der Waals surface area contributed by atoms with Crippen molar-refractivity contribution in [3.05, 3.63) is 101 Å². The Morgan fingerprint density at radius 1 is 0.800 bits per heavy atom. The van der Waals surface area contributed by atoms with E-state index in [-0.39, 0.29) is 17.0 Å². The van der Waals surface area contributed by atoms with Gasteiger partial charge in [-0.25, -0.2) is 13.7 Å². The van der Waals surface area contributed by atoms with Crippen molar-refractivity contribution in [1.82, 2.24) is 0 Å². The van der Waals surface area contributed by atoms with Gasteiger partial charge in [-0.15, -0.1) is 0 Å². The molecule has 1 aliphatic heterocycles. The van der Waals surface area contributed by atoms with E-state index in [2.05, 4.69) is 5.32 Å². The predicted molar refractivity (Wildman–Crippen MR) is 112 cm³/mol. The molecule has 0 radical (unpaired) electrons. The zero-order valence-electron chi connectivity index (χ0n) is 16.4. The van der Waals surface area contributed by atoms with Gasteiger partial charge in [0.15, 0.2) is 0 Å². The van der Waals surface area contributed by atoms with Crippen molar-refractivity contribution in [2.24, 2.45) is 0 Å². The van der Waals surface area contributed by atoms with Gasteiger partial charge in [-0.3, -0.25) is 9.59 Å². The van der Waals surface area contributed by atoms with Crippen LogP contribution in [0.4, 0.5) is 20.2 Å². The van der Waals surface area contributed by atoms with Gasteiger partial charge >= 0.3 is 0 Å². The summed E-state index contributed by atoms with van der Waals surface area (Å²) in [6.07, 6.45) is 0. The van der Waals surface area contributed by atoms with E-state index < -0.39 is 23.4 Å². The molecule has 0 fully saturated rings. The summed E-state index contributed by atoms with van der Waals surface area (Å²) < 4.78 is 27.8. The fourth-order valence-electron chi connectivity index (χ4n) is 3.59. The highest BCUT2D eigenvalue weighted by atomic mass is 19.1. The molecule has 4 rings (SSSR count). The molecule has 1 aliphatic rings. The lowest BCUT2D eigenvalue weighted by atomic mass is 10.0. The Labute approximate surface area is 172 Å². The summed E-state index contributed by atoms with van der Waals surface area (Å²) in [7, 11) is 0. The fourth-order valence-corrected chi connectivity index (χ4v) is 3.59. The number of hydrogen-bond acceptors (Lipinski definition) is 3. The van der Waals surface area contributed by atoms with Crippen LogP contribution in [0.1, 0.15) is 16.7 Å². The third-order valence-electron chi connectivity index (χ3n) is 4.79. The van der Waals surface area contributed by atoms with Crippen LogP contribution in [0.15, 0.2) is 72.4 Å². The summed E-state index contributed by atoms with van der Waals surface area (Å²) in [4.78, 5) is 27.2. The van der Waals surface area contributed by atoms with Crippen LogP contribution in [0.5, 0.6) is 0 Å². The zero-order valence-corrected chi connectivity index (χ0v) is 16.4. The summed E-state index contributed by atoms with van der Waals surface area (Å²) in [6, 6.07) is 17.1. The third kappa shape index (κ3) is 3.48. The number of hydrogen-bond donors (Lipinski definition) is 1. The summed E-state index contributed by atoms with van der Waals surface area (Å²) in [5, 5.41) is 3.05. The number of rotatable bonds is 4. The molecule has 3 aromatic carbocycles. The monoisotopic (exact) mass is 404 g/mol. The highest BCUT2D eigenvalue weighted by molar-refractivity contribution is 6.46. The van der Waals surface area contributed by atoms with E-state index in [9.17, 15) is 18.4 Å². The van der Waals surface area contributed by atoms with Gasteiger partial charge in [-0.1, -0.05) is 36.4 Å². The molecule has 0 saturated carbocycles. The maximum absolute atomic E-state index is 14.4. The average Bonchev–Trinajstić information content (AvgIpc) is 2.92. The van der Waals surface area contributed by atoms with E-state index in [1.165, 1.54) is 0 Å². The number of carbonyl (C=O) groups is 2. The largest absolute Gasteiger partial charge is 0.350 e. The number of benzene rings is 3. The minimum Gasteiger partial charge on any atom is -0.350 e. The van der Waals surface area contributed by atoms with E-state index in [1.54, 1.807) is 30.3 Å². The van der Waals surface area contributed by atoms with Gasteiger partial charge in [0, 0.05) is 11.8 Å². The molecule has 0 saturated heterocycles. The lowest BCUT2D eigenvalue weighted by Gasteiger charge is -2.16. The minimum atomic E-state index is -0.989. The van der Waals surface area contributed by atoms with Gasteiger partial charge < -0.3 is 5.32 Å². The maximum Gasteiger partial charge on any atom is 0.282 e. The summed E-state index contributed by atoms with van der Waals surface area (Å²) in [5.41, 5.74) is 3.00. The molecule has 4 nitrogen and oxygen atoms in total. The molecule has 3 aromatic rings. The molecule has 1 heterocycles. The highest BCUT2D eigenvalue weighted by Crippen LogP contribution is 2.35. The van der Waals surface area contributed by atoms with Crippen LogP contribution >= 0.6 is 0 Å². The van der Waals surface area contributed by atoms with E-state index in [0.717, 1.165) is 28.2 Å². The molecule has 2 amide bonds. The zero-order chi connectivity index (χ0) is 21.4. The maximum atomic E-state index is 14.4. The molecule has 0 bridgehead atoms. The number of imide groups is 1. The lowest BCUT2D eigenvalue weighted by Crippen LogP contribution is -2.33. The van der Waals surface area contributed by atoms with E-state index in [1.807, 2.05) is 32.0 Å². The molecular formula is C24H18F2N2O2. The number of aryl methyl sites for hydroxylation is 2. The number of carbonyl (C=O) groups excluding carboxylic acids is 2. The SMILES string of the molecule is Cc1cc(C)cc(NC2=C(c3ccccc3)C(=O)N(c3ccc(F)cc3F)C2=O)c1. The minimum absolute atomic E-state index is 0.0416. The van der Waals surface area contributed by atoms with E-state index in [4.69, 9.17) is 0 Å². The standard InChI is InChI=1S/C24H18F2N2O2/c1-14-10-15(2)12-18(11-14)27-22-21(16-6-4-3-5-7-16)23(29)28(24(22)30)20-9-8-17(25)13-19(20)26/h3-13,27H,1-2H3. The fraction of sp³-hybridized carbons (Fsp3) is 0.0833. The average molecular weight is 404 g/mol. The lowest BCUT2D eigenvalue weighted by molar-refractivity contribution is -0.120. The van der Waals surface area contributed by atoms with Crippen LogP contribution in [0.2, 0.25) is 0 Å². The summed E-state index contributed by atoms with van der Waals surface area (Å²) in [5.74, 6) is -3.16. The van der Waals surface area contributed by atoms with Crippen LogP contribution in [-0.2, 0) is 9.59 Å². The van der Waals surface area contributed by atoms with Gasteiger partial charge in [-0.2, -0.15) is 0 Å². The predicted octanol–water partition coefficient (Wildman–Crippen LogP) is 4.98. The topological polar surface area (TPSA) is 49.4 Å². The second kappa shape index (κ2) is 7.55. The Balaban J connectivity index is 1.84. The first-order chi connectivity index (χ1) is 14.3. The van der Waals surface area contributed by atoms with Crippen LogP contribution < -0.4 is 10.2 Å². The van der Waals surface area contributed by atoms with Crippen molar-refractivity contribution in [2.45, 2.75) is 13.8 Å². The molecule has 0 aromatic heterocycles. The van der Waals surface area contributed by atoms with Crippen molar-refractivity contribution in [2.75, 3.05) is 10.2 Å². The van der Waals surface area contributed by atoms with Gasteiger partial charge in [0.2, 0.25) is 0 Å². The number of anilines is 2. The molecule has 0 aliphatic carbocycles. The summed E-state index contributed by atoms with van der Waals surface area (Å²) in [6.45, 7) is 3.85. The van der Waals surface area contributed by atoms with Gasteiger partial charge in [0.05, 0.1) is 11.3 Å². The summed E-state index contributed by atoms with van der Waals surface area (Å²) >= 11 is 0.